The molecule has 0 saturated carbocycles. The zero-order valence-corrected chi connectivity index (χ0v) is 62.8. The third kappa shape index (κ3) is 48.6. The summed E-state index contributed by atoms with van der Waals surface area (Å²) in [5.41, 5.74) is 22.1. The number of nitrogens with one attached hydrogen (secondary N) is 12. The molecule has 2 heterocycles. The maximum atomic E-state index is 14.5. The molecule has 13 amide bonds. The average molecular weight is 1580 g/mol. The number of nitrogens with zero attached hydrogens (tertiary/aromatic N) is 1. The number of primary amides is 1. The predicted octanol–water partition coefficient (Wildman–Crippen LogP) is -7.35. The molecule has 2 bridgehead atoms. The fourth-order valence-corrected chi connectivity index (χ4v) is 12.2. The smallest absolute Gasteiger partial charge is 0.305 e. The molecule has 43 heteroatoms. The van der Waals surface area contributed by atoms with E-state index < -0.39 is 120 Å². The van der Waals surface area contributed by atoms with Crippen LogP contribution in [0.5, 0.6) is 0 Å². The summed E-state index contributed by atoms with van der Waals surface area (Å²) in [6.07, 6.45) is -0.102. The molecule has 2 fully saturated rings. The number of rotatable bonds is 44. The average Bonchev–Trinajstić information content (AvgIpc) is 1.20. The van der Waals surface area contributed by atoms with Gasteiger partial charge in [-0.15, -0.1) is 11.8 Å². The van der Waals surface area contributed by atoms with Crippen LogP contribution in [0, 0.1) is 0 Å². The first kappa shape index (κ1) is 94.8. The van der Waals surface area contributed by atoms with E-state index in [0.717, 1.165) is 33.3 Å². The topological polar surface area (TPSA) is 594 Å². The molecule has 2 aliphatic rings. The Morgan fingerprint density at radius 1 is 0.523 bits per heavy atom. The van der Waals surface area contributed by atoms with Crippen molar-refractivity contribution < 1.29 is 110 Å². The molecule has 2 aliphatic heterocycles. The first-order valence-corrected chi connectivity index (χ1v) is 38.2. The van der Waals surface area contributed by atoms with E-state index >= 15 is 0 Å². The Balaban J connectivity index is 0.00000137. The molecule has 3 rings (SSSR count). The van der Waals surface area contributed by atoms with Crippen LogP contribution in [0.3, 0.4) is 0 Å². The number of benzene rings is 1. The molecule has 21 N–H and O–H groups in total. The van der Waals surface area contributed by atoms with Gasteiger partial charge in [0.25, 0.3) is 0 Å². The van der Waals surface area contributed by atoms with E-state index in [1.807, 2.05) is 0 Å². The van der Waals surface area contributed by atoms with Gasteiger partial charge in [0.15, 0.2) is 5.96 Å². The highest BCUT2D eigenvalue weighted by atomic mass is 33.1. The third-order valence-electron chi connectivity index (χ3n) is 14.2. The number of amides is 13. The number of ether oxygens (including phenoxy) is 8. The van der Waals surface area contributed by atoms with Crippen molar-refractivity contribution in [1.82, 2.24) is 63.8 Å². The lowest BCUT2D eigenvalue weighted by atomic mass is 10.0. The third-order valence-corrected chi connectivity index (χ3v) is 17.7. The number of aliphatic carboxylic acids is 1. The molecule has 0 unspecified atom stereocenters. The Hall–Kier alpha value is -8.24. The summed E-state index contributed by atoms with van der Waals surface area (Å²) in [6.45, 7) is 7.45. The Bertz CT molecular complexity index is 2920. The van der Waals surface area contributed by atoms with E-state index in [0.29, 0.717) is 84.3 Å². The second kappa shape index (κ2) is 59.8. The quantitative estimate of drug-likeness (QED) is 0.0125. The molecular weight excluding hydrogens is 1470 g/mol. The Morgan fingerprint density at radius 3 is 1.53 bits per heavy atom. The second-order valence-corrected chi connectivity index (χ2v) is 26.7. The Labute approximate surface area is 632 Å². The van der Waals surface area contributed by atoms with Gasteiger partial charge >= 0.3 is 5.97 Å². The maximum Gasteiger partial charge on any atom is 0.305 e. The standard InChI is InChI=1S/C50H80N14O16S3.C14H27N3O7/c1-2-77-26-40(66)54-15-17-78-19-21-80-22-20-79-18-16-55-44(71)36-27-81-30-41(67)58-33(11-6-7-13-51)45(72)63-37-28-82-83-29-38(49(76)61-34(46(73)62-36)23-31-9-4-3-5-10-31)64-47(74)35(24-42(68)69)59-39(65)25-57-43(70)32(60-48(37)75)12-8-14-56-50(52)53;1-12(18)16-2-4-21-6-8-23-9-7-22-5-3-17-14(20)11-24-10-13(15)19/h3-5,9-10,32-38H,2,6-8,11-30,51H2,1H3,(H,54,66)(H,55,71)(H,57,70)(H,58,67)(H,59,65)(H,60,75)(H,61,76)(H,62,73)(H,63,72)(H,64,74)(H,68,69)(H4,52,53,56);2-11H2,1H3,(H2,15,19)(H,16,18)(H,17,20)/t32-,33-,34-,35-,36-,37-,38-;/m0./s1. The highest BCUT2D eigenvalue weighted by molar-refractivity contribution is 8.76. The number of hydrogen-bond acceptors (Lipinski definition) is 27. The molecule has 107 heavy (non-hydrogen) atoms. The summed E-state index contributed by atoms with van der Waals surface area (Å²) in [5, 5.41) is 40.8. The van der Waals surface area contributed by atoms with Gasteiger partial charge in [-0.1, -0.05) is 51.9 Å². The predicted molar refractivity (Wildman–Crippen MR) is 393 cm³/mol. The number of thioether (sulfide) groups is 1. The van der Waals surface area contributed by atoms with E-state index in [2.05, 4.69) is 68.8 Å². The number of carboxylic acid groups (broad SMARTS) is 1. The first-order valence-electron chi connectivity index (χ1n) is 34.6. The monoisotopic (exact) mass is 1580 g/mol. The van der Waals surface area contributed by atoms with Gasteiger partial charge in [0.1, 0.15) is 62.1 Å². The van der Waals surface area contributed by atoms with E-state index in [9.17, 15) is 72.2 Å². The molecule has 0 aromatic heterocycles. The Kier molecular flexibility index (Phi) is 53.0. The molecule has 2 saturated heterocycles. The Morgan fingerprint density at radius 2 is 1.01 bits per heavy atom. The van der Waals surface area contributed by atoms with Gasteiger partial charge in [0.2, 0.25) is 76.8 Å². The van der Waals surface area contributed by atoms with Crippen molar-refractivity contribution in [2.24, 2.45) is 27.9 Å². The molecular formula is C64H107N17O23S3. The normalized spacial score (nSPS) is 19.4. The molecule has 1 aromatic carbocycles. The van der Waals surface area contributed by atoms with Crippen molar-refractivity contribution in [1.29, 1.82) is 0 Å². The fourth-order valence-electron chi connectivity index (χ4n) is 8.98. The lowest BCUT2D eigenvalue weighted by Crippen LogP contribution is -2.60. The van der Waals surface area contributed by atoms with Gasteiger partial charge in [-0.3, -0.25) is 72.1 Å². The molecule has 604 valence electrons. The van der Waals surface area contributed by atoms with Crippen LogP contribution in [0.4, 0.5) is 0 Å². The first-order chi connectivity index (χ1) is 51.4. The number of aliphatic imine (C=N–C) groups is 1. The minimum atomic E-state index is -1.79. The van der Waals surface area contributed by atoms with E-state index in [1.54, 1.807) is 37.3 Å². The summed E-state index contributed by atoms with van der Waals surface area (Å²) >= 11 is 0.942. The minimum Gasteiger partial charge on any atom is -0.481 e. The lowest BCUT2D eigenvalue weighted by molar-refractivity contribution is -0.141. The van der Waals surface area contributed by atoms with Crippen molar-refractivity contribution in [3.8, 4) is 0 Å². The van der Waals surface area contributed by atoms with Gasteiger partial charge in [0.05, 0.1) is 98.0 Å². The minimum absolute atomic E-state index is 0.0233. The number of hydrogen-bond donors (Lipinski definition) is 17. The van der Waals surface area contributed by atoms with Gasteiger partial charge in [-0.25, -0.2) is 0 Å². The van der Waals surface area contributed by atoms with E-state index in [4.69, 9.17) is 60.8 Å². The number of carbonyl (C=O) groups is 14. The van der Waals surface area contributed by atoms with Gasteiger partial charge in [-0.2, -0.15) is 0 Å². The summed E-state index contributed by atoms with van der Waals surface area (Å²) < 4.78 is 42.1. The zero-order valence-electron chi connectivity index (χ0n) is 60.4. The molecule has 0 radical (unpaired) electrons. The van der Waals surface area contributed by atoms with Crippen LogP contribution < -0.4 is 86.7 Å². The van der Waals surface area contributed by atoms with Crippen LogP contribution in [0.2, 0.25) is 0 Å². The summed E-state index contributed by atoms with van der Waals surface area (Å²) in [7, 11) is 1.90. The summed E-state index contributed by atoms with van der Waals surface area (Å²) in [5.74, 6) is -11.9. The zero-order chi connectivity index (χ0) is 78.8. The van der Waals surface area contributed by atoms with Gasteiger partial charge in [-0.05, 0) is 51.1 Å². The molecule has 0 spiro atoms. The van der Waals surface area contributed by atoms with Crippen LogP contribution in [0.25, 0.3) is 0 Å². The van der Waals surface area contributed by atoms with E-state index in [-0.39, 0.29) is 151 Å². The molecule has 7 atom stereocenters. The van der Waals surface area contributed by atoms with Crippen molar-refractivity contribution >= 4 is 122 Å². The van der Waals surface area contributed by atoms with Crippen molar-refractivity contribution in [2.45, 2.75) is 101 Å². The molecule has 40 nitrogen and oxygen atoms in total. The summed E-state index contributed by atoms with van der Waals surface area (Å²) in [6, 6.07) is -1.60. The largest absolute Gasteiger partial charge is 0.481 e. The van der Waals surface area contributed by atoms with Crippen molar-refractivity contribution in [3.63, 3.8) is 0 Å². The molecule has 0 aliphatic carbocycles. The van der Waals surface area contributed by atoms with Crippen molar-refractivity contribution in [3.05, 3.63) is 35.9 Å². The van der Waals surface area contributed by atoms with Crippen LogP contribution in [0.1, 0.15) is 57.9 Å². The van der Waals surface area contributed by atoms with Gasteiger partial charge < -0.3 is 130 Å². The number of carboxylic acids is 1. The lowest BCUT2D eigenvalue weighted by Gasteiger charge is -2.27. The SMILES string of the molecule is CC(=O)NCCOCCOCCOCCNC(=O)COCC(N)=O.CCOCC(=O)NCCOCCOCCOCCNC(=O)[C@@H]1CSCC(=O)N[C@@H](CCCCN)C(=O)N[C@H]2CSSC[C@H](NC(=O)[C@H](CC(=O)O)NC(=O)CNC(=O)[C@H](CCCN=C(N)N)NC2=O)C(=O)N[C@@H](Cc2ccccc2)C(=O)N1. The van der Waals surface area contributed by atoms with Crippen LogP contribution in [-0.4, -0.2) is 311 Å². The van der Waals surface area contributed by atoms with Crippen LogP contribution in [0.15, 0.2) is 35.3 Å². The van der Waals surface area contributed by atoms with E-state index in [1.165, 1.54) is 6.92 Å². The maximum absolute atomic E-state index is 14.5. The number of fused-ring (bicyclic) bond motifs is 5. The van der Waals surface area contributed by atoms with Crippen LogP contribution in [-0.2, 0) is 111 Å². The number of unbranched alkanes of at least 4 members (excludes halogenated alkanes) is 1. The number of guanidine groups is 1. The highest BCUT2D eigenvalue weighted by Crippen LogP contribution is 2.24. The second-order valence-electron chi connectivity index (χ2n) is 23.1. The van der Waals surface area contributed by atoms with Gasteiger partial charge in [0, 0.05) is 69.9 Å². The summed E-state index contributed by atoms with van der Waals surface area (Å²) in [4.78, 5) is 186. The van der Waals surface area contributed by atoms with Crippen molar-refractivity contribution in [2.75, 3.05) is 175 Å². The molecule has 1 aromatic rings. The number of nitrogens with two attached hydrogens (primary N) is 4. The highest BCUT2D eigenvalue weighted by Gasteiger charge is 2.35. The van der Waals surface area contributed by atoms with Crippen LogP contribution >= 0.6 is 33.3 Å². The number of carbonyl (C=O) groups excluding carboxylic acids is 13. The fraction of sp³-hybridized carbons (Fsp3) is 0.672.